The molecule has 0 rings (SSSR count). The number of rotatable bonds is 34. The highest BCUT2D eigenvalue weighted by molar-refractivity contribution is 5.78. The van der Waals surface area contributed by atoms with Crippen LogP contribution >= 0.6 is 0 Å². The molecule has 0 heterocycles. The molecule has 0 spiro atoms. The SMILES string of the molecule is CCCCCCCCCCCCCCCCCCCCCC(=O)NCCC(=O)NCCCCCCCCCCCC. The smallest absolute Gasteiger partial charge is 0.221 e. The summed E-state index contributed by atoms with van der Waals surface area (Å²) in [6.07, 6.45) is 40.0. The van der Waals surface area contributed by atoms with Crippen molar-refractivity contribution in [3.63, 3.8) is 0 Å². The van der Waals surface area contributed by atoms with Crippen LogP contribution in [0.2, 0.25) is 0 Å². The zero-order valence-electron chi connectivity index (χ0n) is 28.2. The Morgan fingerprint density at radius 2 is 0.585 bits per heavy atom. The van der Waals surface area contributed by atoms with Crippen LogP contribution in [-0.2, 0) is 9.59 Å². The lowest BCUT2D eigenvalue weighted by Gasteiger charge is -2.07. The van der Waals surface area contributed by atoms with Crippen molar-refractivity contribution in [2.24, 2.45) is 0 Å². The molecule has 0 saturated carbocycles. The Kier molecular flexibility index (Phi) is 34.2. The maximum atomic E-state index is 12.0. The third-order valence-corrected chi connectivity index (χ3v) is 8.53. The summed E-state index contributed by atoms with van der Waals surface area (Å²) in [7, 11) is 0. The Balaban J connectivity index is 3.25. The molecule has 0 unspecified atom stereocenters. The van der Waals surface area contributed by atoms with Crippen LogP contribution in [0.5, 0.6) is 0 Å². The van der Waals surface area contributed by atoms with Gasteiger partial charge in [-0.25, -0.2) is 0 Å². The molecule has 0 bridgehead atoms. The van der Waals surface area contributed by atoms with E-state index in [0.29, 0.717) is 19.4 Å². The van der Waals surface area contributed by atoms with Gasteiger partial charge in [0, 0.05) is 25.9 Å². The molecular weight excluding hydrogens is 504 g/mol. The number of carbonyl (C=O) groups excluding carboxylic acids is 2. The minimum absolute atomic E-state index is 0.0599. The fourth-order valence-corrected chi connectivity index (χ4v) is 5.70. The summed E-state index contributed by atoms with van der Waals surface area (Å²) >= 11 is 0. The van der Waals surface area contributed by atoms with Crippen molar-refractivity contribution >= 4 is 11.8 Å². The van der Waals surface area contributed by atoms with E-state index in [4.69, 9.17) is 0 Å². The zero-order chi connectivity index (χ0) is 29.9. The lowest BCUT2D eigenvalue weighted by molar-refractivity contribution is -0.122. The van der Waals surface area contributed by atoms with E-state index in [1.807, 2.05) is 0 Å². The second kappa shape index (κ2) is 35.1. The van der Waals surface area contributed by atoms with Crippen molar-refractivity contribution in [2.45, 2.75) is 213 Å². The summed E-state index contributed by atoms with van der Waals surface area (Å²) in [6, 6.07) is 0. The van der Waals surface area contributed by atoms with Crippen LogP contribution in [0.3, 0.4) is 0 Å². The number of hydrogen-bond acceptors (Lipinski definition) is 2. The molecule has 0 aromatic heterocycles. The number of carbonyl (C=O) groups is 2. The molecule has 41 heavy (non-hydrogen) atoms. The van der Waals surface area contributed by atoms with E-state index in [0.717, 1.165) is 25.8 Å². The fourth-order valence-electron chi connectivity index (χ4n) is 5.70. The summed E-state index contributed by atoms with van der Waals surface area (Å²) < 4.78 is 0. The molecular formula is C37H74N2O2. The second-order valence-corrected chi connectivity index (χ2v) is 12.7. The predicted octanol–water partition coefficient (Wildman–Crippen LogP) is 11.4. The molecule has 0 aliphatic carbocycles. The Morgan fingerprint density at radius 3 is 0.951 bits per heavy atom. The van der Waals surface area contributed by atoms with Gasteiger partial charge in [0.1, 0.15) is 0 Å². The first-order valence-electron chi connectivity index (χ1n) is 18.7. The molecule has 4 nitrogen and oxygen atoms in total. The minimum Gasteiger partial charge on any atom is -0.356 e. The monoisotopic (exact) mass is 579 g/mol. The van der Waals surface area contributed by atoms with Gasteiger partial charge in [-0.1, -0.05) is 187 Å². The quantitative estimate of drug-likeness (QED) is 0.0746. The van der Waals surface area contributed by atoms with Gasteiger partial charge in [-0.05, 0) is 12.8 Å². The van der Waals surface area contributed by atoms with Gasteiger partial charge in [0.25, 0.3) is 0 Å². The highest BCUT2D eigenvalue weighted by Crippen LogP contribution is 2.15. The van der Waals surface area contributed by atoms with Gasteiger partial charge in [0.05, 0.1) is 0 Å². The van der Waals surface area contributed by atoms with Crippen molar-refractivity contribution in [3.8, 4) is 0 Å². The average Bonchev–Trinajstić information content (AvgIpc) is 2.97. The summed E-state index contributed by atoms with van der Waals surface area (Å²) in [4.78, 5) is 24.0. The van der Waals surface area contributed by atoms with E-state index < -0.39 is 0 Å². The number of amides is 2. The highest BCUT2D eigenvalue weighted by atomic mass is 16.2. The van der Waals surface area contributed by atoms with Crippen LogP contribution < -0.4 is 10.6 Å². The molecule has 0 atom stereocenters. The van der Waals surface area contributed by atoms with E-state index in [1.165, 1.54) is 167 Å². The molecule has 2 amide bonds. The average molecular weight is 579 g/mol. The van der Waals surface area contributed by atoms with Crippen LogP contribution in [0.15, 0.2) is 0 Å². The van der Waals surface area contributed by atoms with Crippen LogP contribution in [0.1, 0.15) is 213 Å². The van der Waals surface area contributed by atoms with E-state index in [1.54, 1.807) is 0 Å². The summed E-state index contributed by atoms with van der Waals surface area (Å²) in [5.41, 5.74) is 0. The van der Waals surface area contributed by atoms with Crippen molar-refractivity contribution in [2.75, 3.05) is 13.1 Å². The summed E-state index contributed by atoms with van der Waals surface area (Å²) in [6.45, 7) is 5.78. The van der Waals surface area contributed by atoms with E-state index in [9.17, 15) is 9.59 Å². The Hall–Kier alpha value is -1.06. The first-order valence-corrected chi connectivity index (χ1v) is 18.7. The summed E-state index contributed by atoms with van der Waals surface area (Å²) in [5, 5.41) is 5.91. The van der Waals surface area contributed by atoms with Gasteiger partial charge in [-0.3, -0.25) is 9.59 Å². The molecule has 4 heteroatoms. The Labute approximate surface area is 257 Å². The molecule has 0 fully saturated rings. The Bertz CT molecular complexity index is 537. The minimum atomic E-state index is 0.0599. The third kappa shape index (κ3) is 35.0. The molecule has 0 aliphatic heterocycles. The fraction of sp³-hybridized carbons (Fsp3) is 0.946. The molecule has 0 radical (unpaired) electrons. The number of unbranched alkanes of at least 4 members (excludes halogenated alkanes) is 27. The van der Waals surface area contributed by atoms with Crippen molar-refractivity contribution < 1.29 is 9.59 Å². The van der Waals surface area contributed by atoms with E-state index in [-0.39, 0.29) is 11.8 Å². The first kappa shape index (κ1) is 39.9. The normalized spacial score (nSPS) is 11.2. The lowest BCUT2D eigenvalue weighted by Crippen LogP contribution is -2.31. The maximum absolute atomic E-state index is 12.0. The molecule has 2 N–H and O–H groups in total. The van der Waals surface area contributed by atoms with Crippen molar-refractivity contribution in [3.05, 3.63) is 0 Å². The van der Waals surface area contributed by atoms with E-state index >= 15 is 0 Å². The Morgan fingerprint density at radius 1 is 0.317 bits per heavy atom. The van der Waals surface area contributed by atoms with Crippen LogP contribution in [0.25, 0.3) is 0 Å². The molecule has 0 saturated heterocycles. The van der Waals surface area contributed by atoms with Gasteiger partial charge in [-0.15, -0.1) is 0 Å². The van der Waals surface area contributed by atoms with E-state index in [2.05, 4.69) is 24.5 Å². The second-order valence-electron chi connectivity index (χ2n) is 12.7. The lowest BCUT2D eigenvalue weighted by atomic mass is 10.0. The third-order valence-electron chi connectivity index (χ3n) is 8.53. The summed E-state index contributed by atoms with van der Waals surface area (Å²) in [5.74, 6) is 0.157. The molecule has 0 aromatic rings. The van der Waals surface area contributed by atoms with Crippen LogP contribution in [0.4, 0.5) is 0 Å². The number of nitrogens with one attached hydrogen (secondary N) is 2. The first-order chi connectivity index (χ1) is 20.2. The molecule has 244 valence electrons. The topological polar surface area (TPSA) is 58.2 Å². The highest BCUT2D eigenvalue weighted by Gasteiger charge is 2.04. The standard InChI is InChI=1S/C37H74N2O2/c1-3-5-7-9-11-13-15-16-17-18-19-20-21-22-23-24-26-28-30-32-36(40)39-35-33-37(41)38-34-31-29-27-25-14-12-10-8-6-4-2/h3-35H2,1-2H3,(H,38,41)(H,39,40). The molecule has 0 aromatic carbocycles. The van der Waals surface area contributed by atoms with Gasteiger partial charge < -0.3 is 10.6 Å². The van der Waals surface area contributed by atoms with Crippen molar-refractivity contribution in [1.29, 1.82) is 0 Å². The molecule has 0 aliphatic rings. The number of hydrogen-bond donors (Lipinski definition) is 2. The van der Waals surface area contributed by atoms with Gasteiger partial charge in [0.15, 0.2) is 0 Å². The van der Waals surface area contributed by atoms with Crippen molar-refractivity contribution in [1.82, 2.24) is 10.6 Å². The van der Waals surface area contributed by atoms with Gasteiger partial charge in [-0.2, -0.15) is 0 Å². The predicted molar refractivity (Wildman–Crippen MR) is 180 cm³/mol. The van der Waals surface area contributed by atoms with Crippen LogP contribution in [-0.4, -0.2) is 24.9 Å². The van der Waals surface area contributed by atoms with Crippen LogP contribution in [0, 0.1) is 0 Å². The zero-order valence-corrected chi connectivity index (χ0v) is 28.2. The largest absolute Gasteiger partial charge is 0.356 e. The maximum Gasteiger partial charge on any atom is 0.221 e. The van der Waals surface area contributed by atoms with Gasteiger partial charge >= 0.3 is 0 Å². The van der Waals surface area contributed by atoms with Gasteiger partial charge in [0.2, 0.25) is 11.8 Å².